The highest BCUT2D eigenvalue weighted by Gasteiger charge is 2.26. The highest BCUT2D eigenvalue weighted by atomic mass is 16.2. The number of hydrogen-bond acceptors (Lipinski definition) is 3. The van der Waals surface area contributed by atoms with Crippen molar-refractivity contribution in [1.82, 2.24) is 24.4 Å². The lowest BCUT2D eigenvalue weighted by molar-refractivity contribution is 0.156. The van der Waals surface area contributed by atoms with Crippen LogP contribution in [0.15, 0.2) is 47.3 Å². The summed E-state index contributed by atoms with van der Waals surface area (Å²) < 4.78 is 1.48. The summed E-state index contributed by atoms with van der Waals surface area (Å²) in [6.07, 6.45) is 1.64. The molecule has 1 saturated heterocycles. The van der Waals surface area contributed by atoms with Gasteiger partial charge in [0.1, 0.15) is 0 Å². The number of benzene rings is 1. The Morgan fingerprint density at radius 2 is 1.85 bits per heavy atom. The number of hydrogen-bond donors (Lipinski definition) is 1. The van der Waals surface area contributed by atoms with Gasteiger partial charge >= 0.3 is 6.03 Å². The third-order valence-corrected chi connectivity index (χ3v) is 5.12. The third-order valence-electron chi connectivity index (χ3n) is 5.12. The van der Waals surface area contributed by atoms with E-state index in [1.165, 1.54) is 4.52 Å². The van der Waals surface area contributed by atoms with Crippen molar-refractivity contribution in [2.45, 2.75) is 18.8 Å². The lowest BCUT2D eigenvalue weighted by Gasteiger charge is -2.33. The number of amides is 2. The quantitative estimate of drug-likeness (QED) is 0.758. The SMILES string of the molecule is CN(C)C(=O)N1CCC(c2cc(=O)n3[nH]c(-c4ccccc4)cc3n2)CC1. The molecule has 0 atom stereocenters. The number of aromatic amines is 1. The second kappa shape index (κ2) is 6.90. The molecule has 140 valence electrons. The van der Waals surface area contributed by atoms with E-state index in [0.29, 0.717) is 18.7 Å². The number of carbonyl (C=O) groups excluding carboxylic acids is 1. The fourth-order valence-electron chi connectivity index (χ4n) is 3.63. The Labute approximate surface area is 157 Å². The van der Waals surface area contributed by atoms with Gasteiger partial charge in [0.2, 0.25) is 0 Å². The largest absolute Gasteiger partial charge is 0.331 e. The summed E-state index contributed by atoms with van der Waals surface area (Å²) in [7, 11) is 3.53. The van der Waals surface area contributed by atoms with Gasteiger partial charge in [-0.05, 0) is 18.4 Å². The smallest absolute Gasteiger partial charge is 0.319 e. The maximum absolute atomic E-state index is 12.6. The molecule has 7 heteroatoms. The van der Waals surface area contributed by atoms with Crippen LogP contribution in [0.5, 0.6) is 0 Å². The average molecular weight is 365 g/mol. The second-order valence-electron chi connectivity index (χ2n) is 7.19. The number of nitrogens with one attached hydrogen (secondary N) is 1. The van der Waals surface area contributed by atoms with Crippen LogP contribution in [0.1, 0.15) is 24.5 Å². The van der Waals surface area contributed by atoms with E-state index in [4.69, 9.17) is 4.98 Å². The number of fused-ring (bicyclic) bond motifs is 1. The second-order valence-corrected chi connectivity index (χ2v) is 7.19. The van der Waals surface area contributed by atoms with Crippen LogP contribution in [0.3, 0.4) is 0 Å². The summed E-state index contributed by atoms with van der Waals surface area (Å²) in [5, 5.41) is 3.13. The lowest BCUT2D eigenvalue weighted by atomic mass is 9.93. The molecule has 27 heavy (non-hydrogen) atoms. The lowest BCUT2D eigenvalue weighted by Crippen LogP contribution is -2.43. The van der Waals surface area contributed by atoms with E-state index >= 15 is 0 Å². The first-order valence-electron chi connectivity index (χ1n) is 9.17. The number of piperidine rings is 1. The first kappa shape index (κ1) is 17.3. The summed E-state index contributed by atoms with van der Waals surface area (Å²) in [5.41, 5.74) is 3.21. The van der Waals surface area contributed by atoms with E-state index in [-0.39, 0.29) is 17.5 Å². The standard InChI is InChI=1S/C20H23N5O2/c1-23(2)20(27)24-10-8-15(9-11-24)16-13-19(26)25-18(21-16)12-17(22-25)14-6-4-3-5-7-14/h3-7,12-13,15,22H,8-11H2,1-2H3. The van der Waals surface area contributed by atoms with Crippen molar-refractivity contribution in [1.29, 1.82) is 0 Å². The van der Waals surface area contributed by atoms with Crippen LogP contribution >= 0.6 is 0 Å². The Bertz CT molecular complexity index is 1010. The van der Waals surface area contributed by atoms with Crippen molar-refractivity contribution >= 4 is 11.7 Å². The average Bonchev–Trinajstić information content (AvgIpc) is 3.13. The van der Waals surface area contributed by atoms with Crippen LogP contribution in [0, 0.1) is 0 Å². The van der Waals surface area contributed by atoms with Crippen molar-refractivity contribution in [2.75, 3.05) is 27.2 Å². The summed E-state index contributed by atoms with van der Waals surface area (Å²) in [6, 6.07) is 13.4. The van der Waals surface area contributed by atoms with E-state index in [1.54, 1.807) is 25.1 Å². The molecule has 1 aliphatic rings. The van der Waals surface area contributed by atoms with Crippen molar-refractivity contribution < 1.29 is 4.79 Å². The van der Waals surface area contributed by atoms with Crippen LogP contribution in [0.25, 0.3) is 16.9 Å². The molecule has 0 aliphatic carbocycles. The van der Waals surface area contributed by atoms with Crippen LogP contribution in [-0.4, -0.2) is 57.6 Å². The number of urea groups is 1. The molecule has 3 heterocycles. The molecule has 7 nitrogen and oxygen atoms in total. The minimum absolute atomic E-state index is 0.0371. The van der Waals surface area contributed by atoms with Crippen molar-refractivity contribution in [3.63, 3.8) is 0 Å². The van der Waals surface area contributed by atoms with Gasteiger partial charge in [0.05, 0.1) is 11.4 Å². The summed E-state index contributed by atoms with van der Waals surface area (Å²) in [4.78, 5) is 32.8. The topological polar surface area (TPSA) is 73.7 Å². The van der Waals surface area contributed by atoms with Gasteiger partial charge in [-0.3, -0.25) is 9.89 Å². The van der Waals surface area contributed by atoms with Gasteiger partial charge in [0, 0.05) is 45.2 Å². The Kier molecular flexibility index (Phi) is 4.43. The molecular weight excluding hydrogens is 342 g/mol. The first-order chi connectivity index (χ1) is 13.0. The Balaban J connectivity index is 1.59. The predicted molar refractivity (Wildman–Crippen MR) is 104 cm³/mol. The number of rotatable bonds is 2. The van der Waals surface area contributed by atoms with Gasteiger partial charge in [-0.15, -0.1) is 0 Å². The van der Waals surface area contributed by atoms with Crippen LogP contribution in [0.2, 0.25) is 0 Å². The van der Waals surface area contributed by atoms with E-state index in [1.807, 2.05) is 41.3 Å². The molecule has 1 aromatic carbocycles. The van der Waals surface area contributed by atoms with E-state index in [2.05, 4.69) is 5.10 Å². The molecule has 0 radical (unpaired) electrons. The Morgan fingerprint density at radius 1 is 1.15 bits per heavy atom. The molecule has 1 aliphatic heterocycles. The zero-order valence-electron chi connectivity index (χ0n) is 15.6. The van der Waals surface area contributed by atoms with Crippen molar-refractivity contribution in [2.24, 2.45) is 0 Å². The number of H-pyrrole nitrogens is 1. The van der Waals surface area contributed by atoms with E-state index < -0.39 is 0 Å². The zero-order valence-corrected chi connectivity index (χ0v) is 15.6. The summed E-state index contributed by atoms with van der Waals surface area (Å²) >= 11 is 0. The van der Waals surface area contributed by atoms with Gasteiger partial charge < -0.3 is 9.80 Å². The van der Waals surface area contributed by atoms with Crippen LogP contribution < -0.4 is 5.56 Å². The van der Waals surface area contributed by atoms with Gasteiger partial charge in [-0.25, -0.2) is 14.3 Å². The highest BCUT2D eigenvalue weighted by molar-refractivity contribution is 5.73. The fraction of sp³-hybridized carbons (Fsp3) is 0.350. The molecule has 0 saturated carbocycles. The van der Waals surface area contributed by atoms with Gasteiger partial charge in [0.25, 0.3) is 5.56 Å². The molecule has 4 rings (SSSR count). The monoisotopic (exact) mass is 365 g/mol. The van der Waals surface area contributed by atoms with Crippen LogP contribution in [0.4, 0.5) is 4.79 Å². The van der Waals surface area contributed by atoms with Crippen molar-refractivity contribution in [3.8, 4) is 11.3 Å². The molecule has 2 amide bonds. The molecule has 1 N–H and O–H groups in total. The molecule has 0 unspecified atom stereocenters. The molecule has 2 aromatic heterocycles. The maximum atomic E-state index is 12.6. The molecule has 0 spiro atoms. The van der Waals surface area contributed by atoms with Gasteiger partial charge in [-0.2, -0.15) is 0 Å². The molecule has 0 bridgehead atoms. The molecule has 1 fully saturated rings. The fourth-order valence-corrected chi connectivity index (χ4v) is 3.63. The Hall–Kier alpha value is -3.09. The summed E-state index contributed by atoms with van der Waals surface area (Å²) in [6.45, 7) is 1.37. The predicted octanol–water partition coefficient (Wildman–Crippen LogP) is 2.55. The minimum atomic E-state index is -0.107. The normalized spacial score (nSPS) is 15.3. The maximum Gasteiger partial charge on any atom is 0.319 e. The number of carbonyl (C=O) groups is 1. The van der Waals surface area contributed by atoms with Crippen LogP contribution in [-0.2, 0) is 0 Å². The summed E-state index contributed by atoms with van der Waals surface area (Å²) in [5.74, 6) is 0.198. The highest BCUT2D eigenvalue weighted by Crippen LogP contribution is 2.27. The molecular formula is C20H23N5O2. The van der Waals surface area contributed by atoms with E-state index in [9.17, 15) is 9.59 Å². The number of likely N-dealkylation sites (tertiary alicyclic amines) is 1. The van der Waals surface area contributed by atoms with E-state index in [0.717, 1.165) is 29.8 Å². The first-order valence-corrected chi connectivity index (χ1v) is 9.17. The number of aromatic nitrogens is 3. The van der Waals surface area contributed by atoms with Gasteiger partial charge in [0.15, 0.2) is 5.65 Å². The van der Waals surface area contributed by atoms with Gasteiger partial charge in [-0.1, -0.05) is 30.3 Å². The number of nitrogens with zero attached hydrogens (tertiary/aromatic N) is 4. The third kappa shape index (κ3) is 3.32. The molecule has 3 aromatic rings. The Morgan fingerprint density at radius 3 is 2.52 bits per heavy atom. The van der Waals surface area contributed by atoms with Crippen molar-refractivity contribution in [3.05, 3.63) is 58.5 Å². The zero-order chi connectivity index (χ0) is 19.0. The minimum Gasteiger partial charge on any atom is -0.331 e.